The normalized spacial score (nSPS) is 20.2. The highest BCUT2D eigenvalue weighted by Gasteiger charge is 2.35. The van der Waals surface area contributed by atoms with E-state index in [4.69, 9.17) is 16.3 Å². The number of rotatable bonds is 3. The lowest BCUT2D eigenvalue weighted by atomic mass is 10.0. The zero-order chi connectivity index (χ0) is 17.3. The van der Waals surface area contributed by atoms with Crippen molar-refractivity contribution in [2.24, 2.45) is 5.92 Å². The third-order valence-corrected chi connectivity index (χ3v) is 4.62. The molecule has 5 nitrogen and oxygen atoms in total. The summed E-state index contributed by atoms with van der Waals surface area (Å²) >= 11 is 6.02. The van der Waals surface area contributed by atoms with Crippen molar-refractivity contribution in [1.82, 2.24) is 9.88 Å². The minimum Gasteiger partial charge on any atom is -0.503 e. The van der Waals surface area contributed by atoms with Crippen molar-refractivity contribution in [2.75, 3.05) is 13.7 Å². The predicted molar refractivity (Wildman–Crippen MR) is 91.5 cm³/mol. The Kier molecular flexibility index (Phi) is 4.62. The Hall–Kier alpha value is -2.27. The van der Waals surface area contributed by atoms with E-state index in [1.54, 1.807) is 12.4 Å². The van der Waals surface area contributed by atoms with E-state index in [2.05, 4.69) is 11.9 Å². The van der Waals surface area contributed by atoms with Crippen molar-refractivity contribution in [3.05, 3.63) is 52.8 Å². The molecule has 6 heteroatoms. The molecule has 1 N–H and O–H groups in total. The van der Waals surface area contributed by atoms with Crippen LogP contribution in [-0.4, -0.2) is 34.6 Å². The molecule has 0 spiro atoms. The number of aromatic nitrogens is 1. The molecule has 1 aliphatic rings. The Morgan fingerprint density at radius 3 is 2.92 bits per heavy atom. The van der Waals surface area contributed by atoms with Gasteiger partial charge in [0.05, 0.1) is 18.2 Å². The first-order valence-electron chi connectivity index (χ1n) is 7.78. The number of likely N-dealkylation sites (tertiary alicyclic amines) is 1. The maximum absolute atomic E-state index is 13.0. The molecule has 3 rings (SSSR count). The van der Waals surface area contributed by atoms with Crippen LogP contribution in [0.2, 0.25) is 5.02 Å². The highest BCUT2D eigenvalue weighted by atomic mass is 35.5. The van der Waals surface area contributed by atoms with Gasteiger partial charge in [0.15, 0.2) is 11.5 Å². The van der Waals surface area contributed by atoms with Crippen LogP contribution in [0.5, 0.6) is 11.5 Å². The molecule has 0 aliphatic carbocycles. The number of halogens is 1. The number of phenolic OH excluding ortho intramolecular Hbond substituents is 1. The lowest BCUT2D eigenvalue weighted by Gasteiger charge is -2.25. The molecule has 0 saturated carbocycles. The number of hydrogen-bond acceptors (Lipinski definition) is 4. The molecule has 1 saturated heterocycles. The van der Waals surface area contributed by atoms with Gasteiger partial charge in [0.2, 0.25) is 0 Å². The molecule has 24 heavy (non-hydrogen) atoms. The average Bonchev–Trinajstić information content (AvgIpc) is 2.99. The minimum atomic E-state index is -0.158. The van der Waals surface area contributed by atoms with E-state index in [0.717, 1.165) is 12.0 Å². The summed E-state index contributed by atoms with van der Waals surface area (Å²) in [5, 5.41) is 9.95. The zero-order valence-corrected chi connectivity index (χ0v) is 14.3. The highest BCUT2D eigenvalue weighted by molar-refractivity contribution is 6.32. The summed E-state index contributed by atoms with van der Waals surface area (Å²) < 4.78 is 5.10. The Bertz CT molecular complexity index is 751. The second-order valence-corrected chi connectivity index (χ2v) is 6.52. The maximum Gasteiger partial charge on any atom is 0.254 e. The number of nitrogens with zero attached hydrogens (tertiary/aromatic N) is 2. The Morgan fingerprint density at radius 2 is 2.25 bits per heavy atom. The van der Waals surface area contributed by atoms with Gasteiger partial charge >= 0.3 is 0 Å². The fourth-order valence-corrected chi connectivity index (χ4v) is 3.39. The number of aromatic hydroxyl groups is 1. The first-order chi connectivity index (χ1) is 11.5. The number of phenols is 1. The van der Waals surface area contributed by atoms with E-state index < -0.39 is 0 Å². The molecule has 1 aliphatic heterocycles. The van der Waals surface area contributed by atoms with E-state index in [1.807, 2.05) is 17.0 Å². The van der Waals surface area contributed by atoms with Crippen molar-refractivity contribution in [2.45, 2.75) is 19.4 Å². The van der Waals surface area contributed by atoms with E-state index in [-0.39, 0.29) is 28.5 Å². The highest BCUT2D eigenvalue weighted by Crippen LogP contribution is 2.39. The largest absolute Gasteiger partial charge is 0.503 e. The number of pyridine rings is 1. The first-order valence-corrected chi connectivity index (χ1v) is 8.16. The summed E-state index contributed by atoms with van der Waals surface area (Å²) in [6, 6.07) is 6.85. The quantitative estimate of drug-likeness (QED) is 0.921. The maximum atomic E-state index is 13.0. The van der Waals surface area contributed by atoms with Crippen molar-refractivity contribution in [3.63, 3.8) is 0 Å². The number of methoxy groups -OCH3 is 1. The molecule has 0 radical (unpaired) electrons. The number of ether oxygens (including phenoxy) is 1. The van der Waals surface area contributed by atoms with Crippen LogP contribution < -0.4 is 4.74 Å². The van der Waals surface area contributed by atoms with Gasteiger partial charge in [0, 0.05) is 24.5 Å². The van der Waals surface area contributed by atoms with Crippen molar-refractivity contribution >= 4 is 17.5 Å². The second kappa shape index (κ2) is 6.69. The van der Waals surface area contributed by atoms with Gasteiger partial charge in [-0.25, -0.2) is 0 Å². The average molecular weight is 347 g/mol. The van der Waals surface area contributed by atoms with Crippen LogP contribution in [-0.2, 0) is 0 Å². The van der Waals surface area contributed by atoms with E-state index in [0.29, 0.717) is 18.0 Å². The van der Waals surface area contributed by atoms with Crippen LogP contribution in [0, 0.1) is 5.92 Å². The molecule has 2 atom stereocenters. The molecular formula is C18H19ClN2O3. The number of carbonyl (C=O) groups excluding carboxylic acids is 1. The standard InChI is InChI=1S/C18H19ClN2O3/c1-11-6-15(12-4-3-5-20-9-12)21(10-11)18(23)13-7-14(19)17(22)16(8-13)24-2/h3-5,7-9,11,15,22H,6,10H2,1-2H3/t11-,15+/m0/s1. The molecular weight excluding hydrogens is 328 g/mol. The van der Waals surface area contributed by atoms with Gasteiger partial charge in [-0.15, -0.1) is 0 Å². The van der Waals surface area contributed by atoms with Crippen molar-refractivity contribution in [3.8, 4) is 11.5 Å². The van der Waals surface area contributed by atoms with Crippen LogP contribution in [0.15, 0.2) is 36.7 Å². The van der Waals surface area contributed by atoms with Crippen LogP contribution in [0.1, 0.15) is 35.3 Å². The lowest BCUT2D eigenvalue weighted by molar-refractivity contribution is 0.0731. The van der Waals surface area contributed by atoms with Crippen molar-refractivity contribution in [1.29, 1.82) is 0 Å². The van der Waals surface area contributed by atoms with Crippen LogP contribution in [0.3, 0.4) is 0 Å². The van der Waals surface area contributed by atoms with Crippen LogP contribution in [0.4, 0.5) is 0 Å². The SMILES string of the molecule is COc1cc(C(=O)N2C[C@@H](C)C[C@@H]2c2cccnc2)cc(Cl)c1O. The Morgan fingerprint density at radius 1 is 1.46 bits per heavy atom. The van der Waals surface area contributed by atoms with Crippen LogP contribution in [0.25, 0.3) is 0 Å². The van der Waals surface area contributed by atoms with Gasteiger partial charge < -0.3 is 14.7 Å². The molecule has 1 aromatic carbocycles. The van der Waals surface area contributed by atoms with Gasteiger partial charge in [-0.1, -0.05) is 24.6 Å². The molecule has 0 bridgehead atoms. The van der Waals surface area contributed by atoms with Crippen LogP contribution >= 0.6 is 11.6 Å². The molecule has 2 aromatic rings. The molecule has 126 valence electrons. The smallest absolute Gasteiger partial charge is 0.254 e. The van der Waals surface area contributed by atoms with Gasteiger partial charge in [-0.2, -0.15) is 0 Å². The van der Waals surface area contributed by atoms with E-state index in [9.17, 15) is 9.90 Å². The fraction of sp³-hybridized carbons (Fsp3) is 0.333. The monoisotopic (exact) mass is 346 g/mol. The molecule has 1 amide bonds. The molecule has 0 unspecified atom stereocenters. The number of hydrogen-bond donors (Lipinski definition) is 1. The molecule has 1 aromatic heterocycles. The topological polar surface area (TPSA) is 62.7 Å². The third-order valence-electron chi connectivity index (χ3n) is 4.34. The summed E-state index contributed by atoms with van der Waals surface area (Å²) in [7, 11) is 1.43. The van der Waals surface area contributed by atoms with Crippen molar-refractivity contribution < 1.29 is 14.6 Å². The summed E-state index contributed by atoms with van der Waals surface area (Å²) in [6.45, 7) is 2.79. The number of carbonyl (C=O) groups is 1. The number of amides is 1. The summed E-state index contributed by atoms with van der Waals surface area (Å²) in [4.78, 5) is 19.0. The summed E-state index contributed by atoms with van der Waals surface area (Å²) in [6.07, 6.45) is 4.41. The first kappa shape index (κ1) is 16.6. The van der Waals surface area contributed by atoms with Gasteiger partial charge in [0.1, 0.15) is 0 Å². The third kappa shape index (κ3) is 3.04. The fourth-order valence-electron chi connectivity index (χ4n) is 3.18. The van der Waals surface area contributed by atoms with E-state index in [1.165, 1.54) is 19.2 Å². The van der Waals surface area contributed by atoms with Gasteiger partial charge in [0.25, 0.3) is 5.91 Å². The zero-order valence-electron chi connectivity index (χ0n) is 13.6. The Balaban J connectivity index is 1.95. The lowest BCUT2D eigenvalue weighted by Crippen LogP contribution is -2.31. The number of benzene rings is 1. The minimum absolute atomic E-state index is 0.0141. The molecule has 2 heterocycles. The summed E-state index contributed by atoms with van der Waals surface area (Å²) in [5.74, 6) is 0.299. The second-order valence-electron chi connectivity index (χ2n) is 6.11. The predicted octanol–water partition coefficient (Wildman–Crippen LogP) is 3.67. The molecule has 1 fully saturated rings. The van der Waals surface area contributed by atoms with Gasteiger partial charge in [-0.05, 0) is 36.1 Å². The summed E-state index contributed by atoms with van der Waals surface area (Å²) in [5.41, 5.74) is 1.42. The van der Waals surface area contributed by atoms with E-state index >= 15 is 0 Å². The van der Waals surface area contributed by atoms with Gasteiger partial charge in [-0.3, -0.25) is 9.78 Å². The Labute approximate surface area is 145 Å².